The Morgan fingerprint density at radius 1 is 0.615 bits per heavy atom. The average molecular weight is 572 g/mol. The molecule has 224 valence electrons. The number of esters is 2. The van der Waals surface area contributed by atoms with Gasteiger partial charge in [0.25, 0.3) is 0 Å². The highest BCUT2D eigenvalue weighted by Gasteiger charge is 2.42. The van der Waals surface area contributed by atoms with Gasteiger partial charge >= 0.3 is 35.8 Å². The minimum Gasteiger partial charge on any atom is -0.481 e. The van der Waals surface area contributed by atoms with E-state index in [4.69, 9.17) is 29.9 Å². The number of carboxylic acid groups (broad SMARTS) is 4. The molecule has 5 unspecified atom stereocenters. The lowest BCUT2D eigenvalue weighted by Gasteiger charge is -2.21. The summed E-state index contributed by atoms with van der Waals surface area (Å²) in [7, 11) is 0. The fourth-order valence-corrected chi connectivity index (χ4v) is 2.68. The minimum atomic E-state index is -2.89. The standard InChI is InChI=1S/C21H32O18/c1-11(37-8-13(23)10-39-17(29)5-21(35,19(32)33)3-15(26)27)6-36-7-12(22)9-38-16(28)4-20(34,18(30)31)2-14(24)25/h11-13,22-23,34-35H,2-10H2,1H3,(H,24,25)(H,26,27)(H,30,31)(H,32,33). The number of aliphatic hydroxyl groups is 4. The third-order valence-electron chi connectivity index (χ3n) is 4.67. The molecular weight excluding hydrogens is 540 g/mol. The van der Waals surface area contributed by atoms with Gasteiger partial charge < -0.3 is 59.8 Å². The van der Waals surface area contributed by atoms with Crippen LogP contribution in [0.15, 0.2) is 0 Å². The van der Waals surface area contributed by atoms with Gasteiger partial charge in [-0.1, -0.05) is 0 Å². The summed E-state index contributed by atoms with van der Waals surface area (Å²) in [5, 5.41) is 74.2. The van der Waals surface area contributed by atoms with E-state index in [0.29, 0.717) is 0 Å². The van der Waals surface area contributed by atoms with Crippen LogP contribution < -0.4 is 0 Å². The SMILES string of the molecule is CC(COCC(O)COC(=O)CC(O)(CC(=O)O)C(=O)O)OCC(O)COC(=O)CC(O)(CC(=O)O)C(=O)O. The highest BCUT2D eigenvalue weighted by Crippen LogP contribution is 2.18. The summed E-state index contributed by atoms with van der Waals surface area (Å²) in [6, 6.07) is 0. The van der Waals surface area contributed by atoms with Gasteiger partial charge in [0.2, 0.25) is 0 Å². The third-order valence-corrected chi connectivity index (χ3v) is 4.67. The number of hydrogen-bond donors (Lipinski definition) is 8. The van der Waals surface area contributed by atoms with Crippen molar-refractivity contribution in [2.45, 2.75) is 62.1 Å². The van der Waals surface area contributed by atoms with Gasteiger partial charge in [-0.25, -0.2) is 9.59 Å². The van der Waals surface area contributed by atoms with E-state index in [1.165, 1.54) is 6.92 Å². The Hall–Kier alpha value is -3.42. The number of hydrogen-bond acceptors (Lipinski definition) is 14. The molecular formula is C21H32O18. The highest BCUT2D eigenvalue weighted by atomic mass is 16.6. The lowest BCUT2D eigenvalue weighted by atomic mass is 9.96. The summed E-state index contributed by atoms with van der Waals surface area (Å²) in [5.74, 6) is -9.75. The summed E-state index contributed by atoms with van der Waals surface area (Å²) in [5.41, 5.74) is -5.77. The van der Waals surface area contributed by atoms with Crippen LogP contribution >= 0.6 is 0 Å². The molecule has 0 heterocycles. The van der Waals surface area contributed by atoms with Crippen molar-refractivity contribution in [2.24, 2.45) is 0 Å². The average Bonchev–Trinajstić information content (AvgIpc) is 2.78. The molecule has 0 spiro atoms. The Morgan fingerprint density at radius 3 is 1.36 bits per heavy atom. The molecule has 0 saturated heterocycles. The quantitative estimate of drug-likeness (QED) is 0.0621. The molecule has 8 N–H and O–H groups in total. The third kappa shape index (κ3) is 14.9. The van der Waals surface area contributed by atoms with E-state index in [9.17, 15) is 49.2 Å². The molecule has 0 radical (unpaired) electrons. The fourth-order valence-electron chi connectivity index (χ4n) is 2.68. The van der Waals surface area contributed by atoms with Crippen LogP contribution in [0.5, 0.6) is 0 Å². The Kier molecular flexibility index (Phi) is 15.1. The van der Waals surface area contributed by atoms with Gasteiger partial charge in [-0.05, 0) is 6.92 Å². The smallest absolute Gasteiger partial charge is 0.336 e. The molecule has 5 atom stereocenters. The summed E-state index contributed by atoms with van der Waals surface area (Å²) in [4.78, 5) is 66.7. The van der Waals surface area contributed by atoms with E-state index in [1.54, 1.807) is 0 Å². The molecule has 0 aromatic heterocycles. The van der Waals surface area contributed by atoms with Crippen molar-refractivity contribution in [1.82, 2.24) is 0 Å². The first-order valence-electron chi connectivity index (χ1n) is 11.1. The first kappa shape index (κ1) is 35.6. The number of aliphatic hydroxyl groups excluding tert-OH is 2. The normalized spacial score (nSPS) is 16.5. The predicted molar refractivity (Wildman–Crippen MR) is 119 cm³/mol. The summed E-state index contributed by atoms with van der Waals surface area (Å²) < 4.78 is 19.6. The maximum absolute atomic E-state index is 11.7. The van der Waals surface area contributed by atoms with Crippen molar-refractivity contribution < 1.29 is 88.6 Å². The largest absolute Gasteiger partial charge is 0.481 e. The van der Waals surface area contributed by atoms with Gasteiger partial charge in [0.1, 0.15) is 25.4 Å². The Bertz CT molecular complexity index is 873. The Balaban J connectivity index is 4.28. The number of rotatable bonds is 21. The minimum absolute atomic E-state index is 0.143. The predicted octanol–water partition coefficient (Wildman–Crippen LogP) is -3.42. The maximum atomic E-state index is 11.7. The number of carbonyl (C=O) groups excluding carboxylic acids is 2. The van der Waals surface area contributed by atoms with Crippen molar-refractivity contribution in [3.05, 3.63) is 0 Å². The summed E-state index contributed by atoms with van der Waals surface area (Å²) >= 11 is 0. The van der Waals surface area contributed by atoms with Crippen molar-refractivity contribution in [2.75, 3.05) is 33.0 Å². The van der Waals surface area contributed by atoms with Crippen molar-refractivity contribution >= 4 is 35.8 Å². The molecule has 0 aliphatic carbocycles. The highest BCUT2D eigenvalue weighted by molar-refractivity contribution is 5.89. The van der Waals surface area contributed by atoms with Crippen LogP contribution in [0.1, 0.15) is 32.6 Å². The van der Waals surface area contributed by atoms with Crippen LogP contribution in [-0.4, -0.2) is 139 Å². The van der Waals surface area contributed by atoms with Gasteiger partial charge in [0, 0.05) is 0 Å². The molecule has 0 saturated carbocycles. The van der Waals surface area contributed by atoms with E-state index in [2.05, 4.69) is 9.47 Å². The van der Waals surface area contributed by atoms with Crippen LogP contribution in [0.25, 0.3) is 0 Å². The maximum Gasteiger partial charge on any atom is 0.336 e. The zero-order valence-electron chi connectivity index (χ0n) is 20.8. The molecule has 0 aliphatic rings. The Labute approximate surface area is 220 Å². The van der Waals surface area contributed by atoms with Crippen LogP contribution in [0, 0.1) is 0 Å². The molecule has 0 aromatic carbocycles. The first-order chi connectivity index (χ1) is 17.9. The van der Waals surface area contributed by atoms with Crippen molar-refractivity contribution in [3.8, 4) is 0 Å². The van der Waals surface area contributed by atoms with Gasteiger partial charge in [-0.15, -0.1) is 0 Å². The molecule has 0 bridgehead atoms. The molecule has 0 fully saturated rings. The second kappa shape index (κ2) is 16.5. The van der Waals surface area contributed by atoms with Gasteiger partial charge in [0.15, 0.2) is 11.2 Å². The van der Waals surface area contributed by atoms with E-state index < -0.39 is 104 Å². The second-order valence-corrected chi connectivity index (χ2v) is 8.52. The molecule has 0 aliphatic heterocycles. The lowest BCUT2D eigenvalue weighted by molar-refractivity contribution is -0.173. The van der Waals surface area contributed by atoms with Gasteiger partial charge in [-0.2, -0.15) is 0 Å². The zero-order valence-corrected chi connectivity index (χ0v) is 20.8. The molecule has 39 heavy (non-hydrogen) atoms. The topological polar surface area (TPSA) is 301 Å². The molecule has 18 heteroatoms. The van der Waals surface area contributed by atoms with E-state index in [-0.39, 0.29) is 19.8 Å². The molecule has 0 aromatic rings. The van der Waals surface area contributed by atoms with Crippen molar-refractivity contribution in [1.29, 1.82) is 0 Å². The van der Waals surface area contributed by atoms with E-state index >= 15 is 0 Å². The number of aliphatic carboxylic acids is 4. The van der Waals surface area contributed by atoms with Crippen LogP contribution in [0.4, 0.5) is 0 Å². The monoisotopic (exact) mass is 572 g/mol. The zero-order chi connectivity index (χ0) is 30.4. The first-order valence-corrected chi connectivity index (χ1v) is 11.1. The molecule has 0 amide bonds. The fraction of sp³-hybridized carbons (Fsp3) is 0.714. The molecule has 18 nitrogen and oxygen atoms in total. The summed E-state index contributed by atoms with van der Waals surface area (Å²) in [6.45, 7) is -0.747. The van der Waals surface area contributed by atoms with Gasteiger partial charge in [0.05, 0.1) is 51.6 Å². The Morgan fingerprint density at radius 2 is 1.00 bits per heavy atom. The van der Waals surface area contributed by atoms with E-state index in [0.717, 1.165) is 0 Å². The molecule has 0 rings (SSSR count). The van der Waals surface area contributed by atoms with Crippen LogP contribution in [0.2, 0.25) is 0 Å². The van der Waals surface area contributed by atoms with Crippen LogP contribution in [-0.2, 0) is 47.7 Å². The van der Waals surface area contributed by atoms with Gasteiger partial charge in [-0.3, -0.25) is 19.2 Å². The van der Waals surface area contributed by atoms with Crippen LogP contribution in [0.3, 0.4) is 0 Å². The second-order valence-electron chi connectivity index (χ2n) is 8.52. The summed E-state index contributed by atoms with van der Waals surface area (Å²) in [6.07, 6.45) is -8.30. The van der Waals surface area contributed by atoms with Crippen molar-refractivity contribution in [3.63, 3.8) is 0 Å². The number of carboxylic acids is 4. The number of carbonyl (C=O) groups is 6. The number of ether oxygens (including phenoxy) is 4. The van der Waals surface area contributed by atoms with E-state index in [1.807, 2.05) is 0 Å². The lowest BCUT2D eigenvalue weighted by Crippen LogP contribution is -2.43.